The lowest BCUT2D eigenvalue weighted by Crippen LogP contribution is -2.17. The van der Waals surface area contributed by atoms with Crippen molar-refractivity contribution in [1.82, 2.24) is 0 Å². The second-order valence-corrected chi connectivity index (χ2v) is 2.18. The van der Waals surface area contributed by atoms with Crippen molar-refractivity contribution in [3.05, 3.63) is 12.2 Å². The summed E-state index contributed by atoms with van der Waals surface area (Å²) in [5.41, 5.74) is 0. The second kappa shape index (κ2) is 4.53. The summed E-state index contributed by atoms with van der Waals surface area (Å²) >= 11 is 0. The van der Waals surface area contributed by atoms with Crippen LogP contribution in [0.15, 0.2) is 12.2 Å². The first kappa shape index (κ1) is 8.66. The van der Waals surface area contributed by atoms with Crippen LogP contribution in [0.3, 0.4) is 0 Å². The van der Waals surface area contributed by atoms with Gasteiger partial charge in [0.1, 0.15) is 0 Å². The Morgan fingerprint density at radius 2 is 2.11 bits per heavy atom. The van der Waals surface area contributed by atoms with E-state index in [9.17, 15) is 0 Å². The van der Waals surface area contributed by atoms with Crippen LogP contribution in [-0.4, -0.2) is 22.9 Å². The van der Waals surface area contributed by atoms with Gasteiger partial charge in [0.25, 0.3) is 0 Å². The molecule has 0 aliphatic heterocycles. The largest absolute Gasteiger partial charge is 0.396 e. The molecule has 0 heterocycles. The fourth-order valence-electron chi connectivity index (χ4n) is 0.495. The average Bonchev–Trinajstić information content (AvgIpc) is 1.87. The van der Waals surface area contributed by atoms with Crippen LogP contribution >= 0.6 is 0 Å². The molecule has 2 heteroatoms. The zero-order chi connectivity index (χ0) is 7.28. The van der Waals surface area contributed by atoms with E-state index in [1.165, 1.54) is 0 Å². The molecule has 0 radical (unpaired) electrons. The predicted octanol–water partition coefficient (Wildman–Crippen LogP) is 0.552. The van der Waals surface area contributed by atoms with Crippen LogP contribution in [0.5, 0.6) is 0 Å². The molecule has 2 nitrogen and oxygen atoms in total. The topological polar surface area (TPSA) is 40.5 Å². The molecule has 0 rings (SSSR count). The van der Waals surface area contributed by atoms with Gasteiger partial charge in [0.2, 0.25) is 0 Å². The molecule has 0 aromatic heterocycles. The zero-order valence-electron chi connectivity index (χ0n) is 5.91. The number of hydrogen-bond acceptors (Lipinski definition) is 2. The standard InChI is InChI=1S/C7H14O2/c1-3-4-7(9)6(2)5-8/h3-4,6-9H,5H2,1-2H3/b4-3+/t6-,7+/m1/s1. The number of aliphatic hydroxyl groups excluding tert-OH is 2. The molecule has 0 aliphatic rings. The summed E-state index contributed by atoms with van der Waals surface area (Å²) in [5.74, 6) is -0.0544. The fourth-order valence-corrected chi connectivity index (χ4v) is 0.495. The molecule has 0 fully saturated rings. The Morgan fingerprint density at radius 1 is 1.56 bits per heavy atom. The van der Waals surface area contributed by atoms with Crippen LogP contribution in [0.1, 0.15) is 13.8 Å². The van der Waals surface area contributed by atoms with E-state index in [-0.39, 0.29) is 12.5 Å². The van der Waals surface area contributed by atoms with Gasteiger partial charge in [0.05, 0.1) is 6.10 Å². The van der Waals surface area contributed by atoms with Gasteiger partial charge in [-0.15, -0.1) is 0 Å². The lowest BCUT2D eigenvalue weighted by atomic mass is 10.1. The Labute approximate surface area is 55.8 Å². The molecule has 2 atom stereocenters. The van der Waals surface area contributed by atoms with Crippen LogP contribution in [0.25, 0.3) is 0 Å². The quantitative estimate of drug-likeness (QED) is 0.548. The normalized spacial score (nSPS) is 18.2. The molecule has 0 saturated heterocycles. The Bertz CT molecular complexity index is 88.9. The molecule has 0 spiro atoms. The van der Waals surface area contributed by atoms with Gasteiger partial charge >= 0.3 is 0 Å². The van der Waals surface area contributed by atoms with E-state index in [0.29, 0.717) is 0 Å². The third-order valence-corrected chi connectivity index (χ3v) is 1.26. The Morgan fingerprint density at radius 3 is 2.44 bits per heavy atom. The first-order valence-electron chi connectivity index (χ1n) is 3.14. The molecule has 0 unspecified atom stereocenters. The van der Waals surface area contributed by atoms with E-state index in [1.54, 1.807) is 19.1 Å². The Hall–Kier alpha value is -0.340. The van der Waals surface area contributed by atoms with E-state index in [4.69, 9.17) is 10.2 Å². The van der Waals surface area contributed by atoms with Crippen molar-refractivity contribution < 1.29 is 10.2 Å². The van der Waals surface area contributed by atoms with Crippen molar-refractivity contribution in [2.45, 2.75) is 20.0 Å². The highest BCUT2D eigenvalue weighted by atomic mass is 16.3. The summed E-state index contributed by atoms with van der Waals surface area (Å²) in [7, 11) is 0. The summed E-state index contributed by atoms with van der Waals surface area (Å²) in [4.78, 5) is 0. The molecule has 54 valence electrons. The van der Waals surface area contributed by atoms with Gasteiger partial charge in [-0.1, -0.05) is 19.1 Å². The van der Waals surface area contributed by atoms with E-state index in [0.717, 1.165) is 0 Å². The van der Waals surface area contributed by atoms with Gasteiger partial charge in [-0.2, -0.15) is 0 Å². The molecule has 0 amide bonds. The maximum Gasteiger partial charge on any atom is 0.0768 e. The van der Waals surface area contributed by atoms with Crippen molar-refractivity contribution in [1.29, 1.82) is 0 Å². The van der Waals surface area contributed by atoms with Crippen LogP contribution in [0, 0.1) is 5.92 Å². The van der Waals surface area contributed by atoms with Gasteiger partial charge in [0, 0.05) is 12.5 Å². The van der Waals surface area contributed by atoms with Crippen molar-refractivity contribution in [2.24, 2.45) is 5.92 Å². The minimum Gasteiger partial charge on any atom is -0.396 e. The van der Waals surface area contributed by atoms with Crippen molar-refractivity contribution in [2.75, 3.05) is 6.61 Å². The van der Waals surface area contributed by atoms with Gasteiger partial charge in [-0.05, 0) is 6.92 Å². The molecular formula is C7H14O2. The highest BCUT2D eigenvalue weighted by Crippen LogP contribution is 2.01. The summed E-state index contributed by atoms with van der Waals surface area (Å²) in [6.07, 6.45) is 2.94. The summed E-state index contributed by atoms with van der Waals surface area (Å²) in [5, 5.41) is 17.6. The van der Waals surface area contributed by atoms with Crippen molar-refractivity contribution in [3.63, 3.8) is 0 Å². The van der Waals surface area contributed by atoms with Gasteiger partial charge in [0.15, 0.2) is 0 Å². The summed E-state index contributed by atoms with van der Waals surface area (Å²) < 4.78 is 0. The van der Waals surface area contributed by atoms with E-state index >= 15 is 0 Å². The second-order valence-electron chi connectivity index (χ2n) is 2.18. The first-order chi connectivity index (χ1) is 4.22. The van der Waals surface area contributed by atoms with Crippen LogP contribution in [-0.2, 0) is 0 Å². The van der Waals surface area contributed by atoms with Crippen LogP contribution in [0.4, 0.5) is 0 Å². The van der Waals surface area contributed by atoms with Crippen LogP contribution < -0.4 is 0 Å². The van der Waals surface area contributed by atoms with E-state index in [1.807, 2.05) is 6.92 Å². The lowest BCUT2D eigenvalue weighted by Gasteiger charge is -2.10. The molecule has 0 aromatic rings. The number of rotatable bonds is 3. The van der Waals surface area contributed by atoms with Gasteiger partial charge in [-0.3, -0.25) is 0 Å². The molecule has 2 N–H and O–H groups in total. The highest BCUT2D eigenvalue weighted by Gasteiger charge is 2.07. The first-order valence-corrected chi connectivity index (χ1v) is 3.14. The maximum absolute atomic E-state index is 9.07. The van der Waals surface area contributed by atoms with Crippen molar-refractivity contribution in [3.8, 4) is 0 Å². The molecule has 9 heavy (non-hydrogen) atoms. The minimum absolute atomic E-state index is 0.0332. The Kier molecular flexibility index (Phi) is 4.36. The molecule has 0 aliphatic carbocycles. The molecular weight excluding hydrogens is 116 g/mol. The molecule has 0 bridgehead atoms. The number of hydrogen-bond donors (Lipinski definition) is 2. The highest BCUT2D eigenvalue weighted by molar-refractivity contribution is 4.87. The smallest absolute Gasteiger partial charge is 0.0768 e. The minimum atomic E-state index is -0.500. The predicted molar refractivity (Wildman–Crippen MR) is 37.1 cm³/mol. The lowest BCUT2D eigenvalue weighted by molar-refractivity contribution is 0.111. The molecule has 0 saturated carbocycles. The molecule has 0 aromatic carbocycles. The SMILES string of the molecule is C/C=C/[C@H](O)[C@H](C)CO. The third-order valence-electron chi connectivity index (χ3n) is 1.26. The van der Waals surface area contributed by atoms with E-state index in [2.05, 4.69) is 0 Å². The van der Waals surface area contributed by atoms with Crippen LogP contribution in [0.2, 0.25) is 0 Å². The van der Waals surface area contributed by atoms with E-state index < -0.39 is 6.10 Å². The number of allylic oxidation sites excluding steroid dienone is 1. The number of aliphatic hydroxyl groups is 2. The Balaban J connectivity index is 3.58. The zero-order valence-corrected chi connectivity index (χ0v) is 5.91. The third kappa shape index (κ3) is 3.27. The van der Waals surface area contributed by atoms with Gasteiger partial charge < -0.3 is 10.2 Å². The van der Waals surface area contributed by atoms with Crippen molar-refractivity contribution >= 4 is 0 Å². The summed E-state index contributed by atoms with van der Waals surface area (Å²) in [6.45, 7) is 3.67. The monoisotopic (exact) mass is 130 g/mol. The summed E-state index contributed by atoms with van der Waals surface area (Å²) in [6, 6.07) is 0. The fraction of sp³-hybridized carbons (Fsp3) is 0.714. The average molecular weight is 130 g/mol. The maximum atomic E-state index is 9.07. The van der Waals surface area contributed by atoms with Gasteiger partial charge in [-0.25, -0.2) is 0 Å².